The molecule has 1 aromatic rings. The van der Waals surface area contributed by atoms with E-state index in [2.05, 4.69) is 56.9 Å². The van der Waals surface area contributed by atoms with Gasteiger partial charge in [0.15, 0.2) is 5.96 Å². The minimum Gasteiger partial charge on any atom is -0.356 e. The second-order valence-electron chi connectivity index (χ2n) is 8.46. The van der Waals surface area contributed by atoms with Gasteiger partial charge < -0.3 is 15.5 Å². The van der Waals surface area contributed by atoms with Crippen LogP contribution < -0.4 is 10.6 Å². The van der Waals surface area contributed by atoms with Crippen LogP contribution in [0.4, 0.5) is 0 Å². The number of hydrogen-bond donors (Lipinski definition) is 2. The van der Waals surface area contributed by atoms with E-state index in [0.29, 0.717) is 12.0 Å². The van der Waals surface area contributed by atoms with Crippen molar-refractivity contribution in [3.63, 3.8) is 0 Å². The number of aliphatic imine (C=N–C) groups is 1. The molecule has 0 saturated carbocycles. The van der Waals surface area contributed by atoms with Crippen LogP contribution in [0.2, 0.25) is 0 Å². The second-order valence-corrected chi connectivity index (χ2v) is 9.44. The summed E-state index contributed by atoms with van der Waals surface area (Å²) < 4.78 is 0. The van der Waals surface area contributed by atoms with Gasteiger partial charge in [-0.15, -0.1) is 35.3 Å². The number of likely N-dealkylation sites (tertiary alicyclic amines) is 2. The van der Waals surface area contributed by atoms with E-state index in [4.69, 9.17) is 0 Å². The Morgan fingerprint density at radius 1 is 1.21 bits per heavy atom. The topological polar surface area (TPSA) is 42.9 Å². The molecule has 7 heteroatoms. The van der Waals surface area contributed by atoms with Gasteiger partial charge in [-0.2, -0.15) is 0 Å². The van der Waals surface area contributed by atoms with Crippen LogP contribution in [-0.2, 0) is 0 Å². The van der Waals surface area contributed by atoms with Crippen molar-refractivity contribution in [3.8, 4) is 0 Å². The van der Waals surface area contributed by atoms with Gasteiger partial charge in [-0.05, 0) is 76.5 Å². The molecule has 3 unspecified atom stereocenters. The Morgan fingerprint density at radius 2 is 2.07 bits per heavy atom. The zero-order valence-corrected chi connectivity index (χ0v) is 21.5. The third-order valence-corrected chi connectivity index (χ3v) is 7.40. The Labute approximate surface area is 198 Å². The maximum absolute atomic E-state index is 4.45. The first-order valence-corrected chi connectivity index (χ1v) is 12.0. The molecular formula is C22H40IN5S. The number of guanidine groups is 1. The fourth-order valence-electron chi connectivity index (χ4n) is 4.81. The van der Waals surface area contributed by atoms with Crippen LogP contribution in [0.5, 0.6) is 0 Å². The molecule has 0 amide bonds. The number of thiophene rings is 1. The van der Waals surface area contributed by atoms with E-state index in [0.717, 1.165) is 25.1 Å². The van der Waals surface area contributed by atoms with E-state index >= 15 is 0 Å². The van der Waals surface area contributed by atoms with Crippen molar-refractivity contribution in [2.45, 2.75) is 57.5 Å². The number of rotatable bonds is 7. The maximum atomic E-state index is 4.45. The second kappa shape index (κ2) is 13.1. The summed E-state index contributed by atoms with van der Waals surface area (Å²) in [6, 6.07) is 5.75. The Bertz CT molecular complexity index is 594. The minimum absolute atomic E-state index is 0. The molecule has 166 valence electrons. The number of nitrogens with zero attached hydrogens (tertiary/aromatic N) is 3. The Kier molecular flexibility index (Phi) is 11.3. The Hall–Kier alpha value is -0.380. The predicted octanol–water partition coefficient (Wildman–Crippen LogP) is 4.18. The quantitative estimate of drug-likeness (QED) is 0.239. The molecule has 2 aliphatic heterocycles. The van der Waals surface area contributed by atoms with E-state index < -0.39 is 0 Å². The van der Waals surface area contributed by atoms with E-state index in [1.54, 1.807) is 0 Å². The molecule has 0 aromatic carbocycles. The van der Waals surface area contributed by atoms with Crippen LogP contribution in [0.3, 0.4) is 0 Å². The molecule has 5 nitrogen and oxygen atoms in total. The predicted molar refractivity (Wildman–Crippen MR) is 137 cm³/mol. The third-order valence-electron chi connectivity index (χ3n) is 6.45. The highest BCUT2D eigenvalue weighted by atomic mass is 127. The smallest absolute Gasteiger partial charge is 0.190 e. The van der Waals surface area contributed by atoms with Gasteiger partial charge in [0.05, 0.1) is 0 Å². The summed E-state index contributed by atoms with van der Waals surface area (Å²) in [5.74, 6) is 1.58. The fraction of sp³-hybridized carbons (Fsp3) is 0.773. The van der Waals surface area contributed by atoms with Crippen molar-refractivity contribution < 1.29 is 0 Å². The van der Waals surface area contributed by atoms with E-state index in [1.807, 2.05) is 18.4 Å². The molecule has 0 bridgehead atoms. The number of nitrogens with one attached hydrogen (secondary N) is 2. The third kappa shape index (κ3) is 7.36. The standard InChI is InChI=1S/C22H39N5S.HI/c1-18-9-4-5-14-27(18)15-8-12-24-22(23-2)25-17-19-10-6-13-26(3)21(19)20-11-7-16-28-20;/h7,11,16,18-19,21H,4-6,8-10,12-15,17H2,1-3H3,(H2,23,24,25);1H. The summed E-state index contributed by atoms with van der Waals surface area (Å²) >= 11 is 1.89. The first-order chi connectivity index (χ1) is 13.7. The van der Waals surface area contributed by atoms with Gasteiger partial charge in [0.2, 0.25) is 0 Å². The molecule has 1 aromatic heterocycles. The van der Waals surface area contributed by atoms with Crippen molar-refractivity contribution in [2.24, 2.45) is 10.9 Å². The molecule has 0 aliphatic carbocycles. The molecular weight excluding hydrogens is 493 g/mol. The maximum Gasteiger partial charge on any atom is 0.190 e. The van der Waals surface area contributed by atoms with E-state index in [-0.39, 0.29) is 24.0 Å². The summed E-state index contributed by atoms with van der Waals surface area (Å²) in [7, 11) is 4.15. The molecule has 2 saturated heterocycles. The molecule has 0 spiro atoms. The zero-order chi connectivity index (χ0) is 19.8. The summed E-state index contributed by atoms with van der Waals surface area (Å²) in [5.41, 5.74) is 0. The highest BCUT2D eigenvalue weighted by Gasteiger charge is 2.31. The van der Waals surface area contributed by atoms with E-state index in [1.165, 1.54) is 63.0 Å². The molecule has 3 heterocycles. The molecule has 2 N–H and O–H groups in total. The molecule has 3 rings (SSSR count). The Balaban J connectivity index is 0.00000300. The van der Waals surface area contributed by atoms with E-state index in [9.17, 15) is 0 Å². The average Bonchev–Trinajstić information content (AvgIpc) is 3.23. The highest BCUT2D eigenvalue weighted by Crippen LogP contribution is 2.36. The van der Waals surface area contributed by atoms with Crippen LogP contribution in [0.1, 0.15) is 56.4 Å². The lowest BCUT2D eigenvalue weighted by Crippen LogP contribution is -2.45. The van der Waals surface area contributed by atoms with Crippen LogP contribution in [0, 0.1) is 5.92 Å². The first-order valence-electron chi connectivity index (χ1n) is 11.1. The molecule has 0 radical (unpaired) electrons. The lowest BCUT2D eigenvalue weighted by molar-refractivity contribution is 0.125. The highest BCUT2D eigenvalue weighted by molar-refractivity contribution is 14.0. The average molecular weight is 534 g/mol. The number of hydrogen-bond acceptors (Lipinski definition) is 4. The fourth-order valence-corrected chi connectivity index (χ4v) is 5.79. The summed E-state index contributed by atoms with van der Waals surface area (Å²) in [4.78, 5) is 11.1. The van der Waals surface area contributed by atoms with Crippen molar-refractivity contribution in [3.05, 3.63) is 22.4 Å². The summed E-state index contributed by atoms with van der Waals surface area (Å²) in [6.45, 7) is 8.00. The van der Waals surface area contributed by atoms with Crippen molar-refractivity contribution in [1.82, 2.24) is 20.4 Å². The zero-order valence-electron chi connectivity index (χ0n) is 18.4. The van der Waals surface area contributed by atoms with Crippen LogP contribution >= 0.6 is 35.3 Å². The summed E-state index contributed by atoms with van der Waals surface area (Å²) in [5, 5.41) is 9.33. The van der Waals surface area contributed by atoms with Gasteiger partial charge in [-0.25, -0.2) is 0 Å². The first kappa shape index (κ1) is 24.9. The van der Waals surface area contributed by atoms with Gasteiger partial charge in [-0.3, -0.25) is 9.89 Å². The lowest BCUT2D eigenvalue weighted by Gasteiger charge is -2.39. The molecule has 2 aliphatic rings. The number of piperidine rings is 2. The lowest BCUT2D eigenvalue weighted by atomic mass is 9.88. The van der Waals surface area contributed by atoms with Gasteiger partial charge in [0.1, 0.15) is 0 Å². The molecule has 2 fully saturated rings. The van der Waals surface area contributed by atoms with Gasteiger partial charge in [0.25, 0.3) is 0 Å². The largest absolute Gasteiger partial charge is 0.356 e. The van der Waals surface area contributed by atoms with Crippen molar-refractivity contribution in [1.29, 1.82) is 0 Å². The summed E-state index contributed by atoms with van der Waals surface area (Å²) in [6.07, 6.45) is 7.86. The van der Waals surface area contributed by atoms with Crippen LogP contribution in [0.25, 0.3) is 0 Å². The van der Waals surface area contributed by atoms with Crippen molar-refractivity contribution >= 4 is 41.3 Å². The van der Waals surface area contributed by atoms with Crippen LogP contribution in [0.15, 0.2) is 22.5 Å². The van der Waals surface area contributed by atoms with Crippen LogP contribution in [-0.4, -0.2) is 68.6 Å². The van der Waals surface area contributed by atoms with Gasteiger partial charge >= 0.3 is 0 Å². The monoisotopic (exact) mass is 533 g/mol. The Morgan fingerprint density at radius 3 is 2.79 bits per heavy atom. The normalized spacial score (nSPS) is 26.7. The van der Waals surface area contributed by atoms with Crippen molar-refractivity contribution in [2.75, 3.05) is 46.8 Å². The van der Waals surface area contributed by atoms with Gasteiger partial charge in [-0.1, -0.05) is 12.5 Å². The molecule has 29 heavy (non-hydrogen) atoms. The minimum atomic E-state index is 0. The van der Waals surface area contributed by atoms with Gasteiger partial charge in [0, 0.05) is 43.6 Å². The SMILES string of the molecule is CN=C(NCCCN1CCCCC1C)NCC1CCCN(C)C1c1cccs1.I. The molecule has 3 atom stereocenters. The number of halogens is 1.